The molecule has 0 unspecified atom stereocenters. The van der Waals surface area contributed by atoms with E-state index >= 15 is 0 Å². The van der Waals surface area contributed by atoms with Crippen LogP contribution < -0.4 is 14.2 Å². The van der Waals surface area contributed by atoms with Gasteiger partial charge in [0.25, 0.3) is 0 Å². The number of ether oxygens (including phenoxy) is 4. The minimum Gasteiger partial charge on any atom is -0.493 e. The Bertz CT molecular complexity index is 458. The summed E-state index contributed by atoms with van der Waals surface area (Å²) in [7, 11) is 2.88. The summed E-state index contributed by atoms with van der Waals surface area (Å²) in [4.78, 5) is 22.4. The van der Waals surface area contributed by atoms with Crippen LogP contribution in [0.1, 0.15) is 30.1 Å². The van der Waals surface area contributed by atoms with E-state index in [1.54, 1.807) is 0 Å². The molecule has 0 saturated heterocycles. The highest BCUT2D eigenvalue weighted by Crippen LogP contribution is 2.38. The maximum absolute atomic E-state index is 11.5. The lowest BCUT2D eigenvalue weighted by atomic mass is 10.2. The molecule has 6 heteroatoms. The molecule has 0 fully saturated rings. The fourth-order valence-electron chi connectivity index (χ4n) is 1.61. The third-order valence-electron chi connectivity index (χ3n) is 2.71. The zero-order valence-electron chi connectivity index (χ0n) is 12.5. The smallest absolute Gasteiger partial charge is 0.344 e. The maximum Gasteiger partial charge on any atom is 0.344 e. The highest BCUT2D eigenvalue weighted by Gasteiger charge is 2.16. The molecule has 0 aliphatic rings. The topological polar surface area (TPSA) is 71.1 Å². The first-order valence-electron chi connectivity index (χ1n) is 6.65. The SMILES string of the molecule is CCCCOC(=O)COc1c(OC)cc(C=O)cc1OC. The Morgan fingerprint density at radius 2 is 1.81 bits per heavy atom. The van der Waals surface area contributed by atoms with Crippen LogP contribution >= 0.6 is 0 Å². The number of benzene rings is 1. The first kappa shape index (κ1) is 16.8. The van der Waals surface area contributed by atoms with Crippen molar-refractivity contribution in [1.29, 1.82) is 0 Å². The average molecular weight is 296 g/mol. The predicted octanol–water partition coefficient (Wildman–Crippen LogP) is 2.24. The zero-order chi connectivity index (χ0) is 15.7. The molecular weight excluding hydrogens is 276 g/mol. The van der Waals surface area contributed by atoms with Gasteiger partial charge in [-0.05, 0) is 18.6 Å². The normalized spacial score (nSPS) is 9.86. The summed E-state index contributed by atoms with van der Waals surface area (Å²) in [5.74, 6) is 0.431. The summed E-state index contributed by atoms with van der Waals surface area (Å²) >= 11 is 0. The Labute approximate surface area is 123 Å². The van der Waals surface area contributed by atoms with Gasteiger partial charge in [-0.2, -0.15) is 0 Å². The van der Waals surface area contributed by atoms with E-state index in [9.17, 15) is 9.59 Å². The molecule has 0 spiro atoms. The van der Waals surface area contributed by atoms with Crippen molar-refractivity contribution in [2.45, 2.75) is 19.8 Å². The van der Waals surface area contributed by atoms with Crippen LogP contribution in [-0.2, 0) is 9.53 Å². The van der Waals surface area contributed by atoms with Crippen LogP contribution in [0.5, 0.6) is 17.2 Å². The van der Waals surface area contributed by atoms with Crippen molar-refractivity contribution in [2.24, 2.45) is 0 Å². The van der Waals surface area contributed by atoms with Crippen molar-refractivity contribution in [3.05, 3.63) is 17.7 Å². The lowest BCUT2D eigenvalue weighted by Gasteiger charge is -2.14. The van der Waals surface area contributed by atoms with Gasteiger partial charge < -0.3 is 18.9 Å². The molecule has 21 heavy (non-hydrogen) atoms. The Kier molecular flexibility index (Phi) is 7.08. The van der Waals surface area contributed by atoms with E-state index in [0.717, 1.165) is 12.8 Å². The first-order valence-corrected chi connectivity index (χ1v) is 6.65. The van der Waals surface area contributed by atoms with E-state index in [1.807, 2.05) is 6.92 Å². The lowest BCUT2D eigenvalue weighted by molar-refractivity contribution is -0.146. The van der Waals surface area contributed by atoms with E-state index in [4.69, 9.17) is 18.9 Å². The van der Waals surface area contributed by atoms with Crippen LogP contribution in [0.25, 0.3) is 0 Å². The maximum atomic E-state index is 11.5. The van der Waals surface area contributed by atoms with Gasteiger partial charge in [-0.3, -0.25) is 4.79 Å². The average Bonchev–Trinajstić information content (AvgIpc) is 2.52. The summed E-state index contributed by atoms with van der Waals surface area (Å²) < 4.78 is 20.7. The molecule has 0 heterocycles. The Morgan fingerprint density at radius 1 is 1.19 bits per heavy atom. The number of unbranched alkanes of at least 4 members (excludes halogenated alkanes) is 1. The molecule has 0 aromatic heterocycles. The molecule has 1 aromatic carbocycles. The van der Waals surface area contributed by atoms with Crippen molar-refractivity contribution in [1.82, 2.24) is 0 Å². The molecule has 0 amide bonds. The van der Waals surface area contributed by atoms with Crippen molar-refractivity contribution in [2.75, 3.05) is 27.4 Å². The Morgan fingerprint density at radius 3 is 2.29 bits per heavy atom. The molecule has 0 saturated carbocycles. The summed E-state index contributed by atoms with van der Waals surface area (Å²) in [6.45, 7) is 2.13. The standard InChI is InChI=1S/C15H20O6/c1-4-5-6-20-14(17)10-21-15-12(18-2)7-11(9-16)8-13(15)19-3/h7-9H,4-6,10H2,1-3H3. The largest absolute Gasteiger partial charge is 0.493 e. The number of carbonyl (C=O) groups is 2. The van der Waals surface area contributed by atoms with Gasteiger partial charge in [0.05, 0.1) is 20.8 Å². The van der Waals surface area contributed by atoms with Crippen LogP contribution in [0.15, 0.2) is 12.1 Å². The molecular formula is C15H20O6. The molecule has 1 rings (SSSR count). The highest BCUT2D eigenvalue weighted by molar-refractivity contribution is 5.78. The number of rotatable bonds is 9. The second-order valence-corrected chi connectivity index (χ2v) is 4.24. The highest BCUT2D eigenvalue weighted by atomic mass is 16.6. The fraction of sp³-hybridized carbons (Fsp3) is 0.467. The third-order valence-corrected chi connectivity index (χ3v) is 2.71. The molecule has 0 radical (unpaired) electrons. The molecule has 0 bridgehead atoms. The quantitative estimate of drug-likeness (QED) is 0.395. The number of hydrogen-bond donors (Lipinski definition) is 0. The van der Waals surface area contributed by atoms with Gasteiger partial charge in [0.15, 0.2) is 18.1 Å². The summed E-state index contributed by atoms with van der Waals surface area (Å²) in [6, 6.07) is 3.01. The second kappa shape index (κ2) is 8.84. The minimum atomic E-state index is -0.466. The van der Waals surface area contributed by atoms with Crippen molar-refractivity contribution in [3.63, 3.8) is 0 Å². The molecule has 116 valence electrons. The van der Waals surface area contributed by atoms with E-state index in [2.05, 4.69) is 0 Å². The molecule has 0 aliphatic carbocycles. The fourth-order valence-corrected chi connectivity index (χ4v) is 1.61. The first-order chi connectivity index (χ1) is 10.2. The van der Waals surface area contributed by atoms with Crippen LogP contribution in [0.3, 0.4) is 0 Å². The van der Waals surface area contributed by atoms with Crippen molar-refractivity contribution in [3.8, 4) is 17.2 Å². The number of aldehydes is 1. The van der Waals surface area contributed by atoms with Crippen LogP contribution in [0, 0.1) is 0 Å². The van der Waals surface area contributed by atoms with Gasteiger partial charge in [0, 0.05) is 5.56 Å². The summed E-state index contributed by atoms with van der Waals surface area (Å²) in [5.41, 5.74) is 0.390. The number of methoxy groups -OCH3 is 2. The van der Waals surface area contributed by atoms with Gasteiger partial charge in [-0.25, -0.2) is 4.79 Å². The van der Waals surface area contributed by atoms with E-state index in [-0.39, 0.29) is 12.4 Å². The summed E-state index contributed by atoms with van der Waals surface area (Å²) in [6.07, 6.45) is 2.43. The third kappa shape index (κ3) is 4.98. The van der Waals surface area contributed by atoms with E-state index < -0.39 is 5.97 Å². The van der Waals surface area contributed by atoms with Gasteiger partial charge in [0.1, 0.15) is 6.29 Å². The lowest BCUT2D eigenvalue weighted by Crippen LogP contribution is -2.16. The predicted molar refractivity (Wildman–Crippen MR) is 76.3 cm³/mol. The molecule has 0 atom stereocenters. The van der Waals surface area contributed by atoms with Crippen LogP contribution in [0.2, 0.25) is 0 Å². The van der Waals surface area contributed by atoms with Gasteiger partial charge >= 0.3 is 5.97 Å². The minimum absolute atomic E-state index is 0.253. The summed E-state index contributed by atoms with van der Waals surface area (Å²) in [5, 5.41) is 0. The second-order valence-electron chi connectivity index (χ2n) is 4.24. The van der Waals surface area contributed by atoms with Gasteiger partial charge in [-0.15, -0.1) is 0 Å². The molecule has 1 aromatic rings. The number of esters is 1. The van der Waals surface area contributed by atoms with E-state index in [0.29, 0.717) is 30.0 Å². The monoisotopic (exact) mass is 296 g/mol. The Balaban J connectivity index is 2.77. The van der Waals surface area contributed by atoms with Crippen LogP contribution in [0.4, 0.5) is 0 Å². The zero-order valence-corrected chi connectivity index (χ0v) is 12.5. The molecule has 0 N–H and O–H groups in total. The van der Waals surface area contributed by atoms with Crippen LogP contribution in [-0.4, -0.2) is 39.7 Å². The van der Waals surface area contributed by atoms with Gasteiger partial charge in [-0.1, -0.05) is 13.3 Å². The van der Waals surface area contributed by atoms with Crippen molar-refractivity contribution >= 4 is 12.3 Å². The molecule has 0 aliphatic heterocycles. The van der Waals surface area contributed by atoms with E-state index in [1.165, 1.54) is 26.4 Å². The molecule has 6 nitrogen and oxygen atoms in total. The van der Waals surface area contributed by atoms with Crippen molar-refractivity contribution < 1.29 is 28.5 Å². The number of carbonyl (C=O) groups excluding carboxylic acids is 2. The number of hydrogen-bond acceptors (Lipinski definition) is 6. The van der Waals surface area contributed by atoms with Gasteiger partial charge in [0.2, 0.25) is 5.75 Å². The Hall–Kier alpha value is -2.24.